The molecule has 1 N–H and O–H groups in total. The second-order valence-electron chi connectivity index (χ2n) is 4.44. The highest BCUT2D eigenvalue weighted by atomic mass is 16.4. The number of nitrogens with zero attached hydrogens (tertiary/aromatic N) is 2. The molecule has 1 amide bonds. The van der Waals surface area contributed by atoms with Crippen molar-refractivity contribution < 1.29 is 14.7 Å². The Morgan fingerprint density at radius 2 is 2.10 bits per heavy atom. The fourth-order valence-corrected chi connectivity index (χ4v) is 2.03. The van der Waals surface area contributed by atoms with Crippen LogP contribution in [0.4, 0.5) is 0 Å². The number of hydrogen-bond acceptors (Lipinski definition) is 3. The largest absolute Gasteiger partial charge is 0.481 e. The average molecular weight is 272 g/mol. The molecule has 1 heterocycles. The van der Waals surface area contributed by atoms with Crippen molar-refractivity contribution in [2.24, 2.45) is 0 Å². The lowest BCUT2D eigenvalue weighted by Gasteiger charge is -2.20. The van der Waals surface area contributed by atoms with Gasteiger partial charge in [-0.1, -0.05) is 6.07 Å². The Hall–Kier alpha value is -2.43. The number of carbonyl (C=O) groups excluding carboxylic acids is 1. The van der Waals surface area contributed by atoms with E-state index in [4.69, 9.17) is 5.11 Å². The van der Waals surface area contributed by atoms with Crippen LogP contribution in [0.5, 0.6) is 0 Å². The van der Waals surface area contributed by atoms with Gasteiger partial charge in [-0.2, -0.15) is 0 Å². The number of aliphatic carboxylic acids is 1. The molecule has 0 saturated carbocycles. The lowest BCUT2D eigenvalue weighted by molar-refractivity contribution is -0.137. The highest BCUT2D eigenvalue weighted by Crippen LogP contribution is 2.15. The molecule has 0 spiro atoms. The van der Waals surface area contributed by atoms with Crippen molar-refractivity contribution in [2.75, 3.05) is 13.1 Å². The number of amides is 1. The summed E-state index contributed by atoms with van der Waals surface area (Å²) >= 11 is 0. The average Bonchev–Trinajstić information content (AvgIpc) is 2.47. The molecular weight excluding hydrogens is 256 g/mol. The summed E-state index contributed by atoms with van der Waals surface area (Å²) in [6, 6.07) is 9.02. The summed E-state index contributed by atoms with van der Waals surface area (Å²) in [5, 5.41) is 9.60. The SMILES string of the molecule is CCN(CCC(=O)O)C(=O)c1ccc2ncccc2c1. The minimum absolute atomic E-state index is 0.0469. The van der Waals surface area contributed by atoms with Gasteiger partial charge in [0.2, 0.25) is 0 Å². The smallest absolute Gasteiger partial charge is 0.305 e. The molecule has 0 aliphatic heterocycles. The van der Waals surface area contributed by atoms with Crippen molar-refractivity contribution in [3.63, 3.8) is 0 Å². The summed E-state index contributed by atoms with van der Waals surface area (Å²) < 4.78 is 0. The fourth-order valence-electron chi connectivity index (χ4n) is 2.03. The first-order valence-corrected chi connectivity index (χ1v) is 6.47. The van der Waals surface area contributed by atoms with Gasteiger partial charge in [0, 0.05) is 30.2 Å². The molecule has 0 aliphatic rings. The number of aromatic nitrogens is 1. The van der Waals surface area contributed by atoms with Crippen LogP contribution in [-0.4, -0.2) is 40.0 Å². The fraction of sp³-hybridized carbons (Fsp3) is 0.267. The van der Waals surface area contributed by atoms with Gasteiger partial charge in [0.25, 0.3) is 5.91 Å². The van der Waals surface area contributed by atoms with Gasteiger partial charge in [-0.25, -0.2) is 0 Å². The van der Waals surface area contributed by atoms with Crippen LogP contribution in [0.2, 0.25) is 0 Å². The predicted molar refractivity (Wildman–Crippen MR) is 75.6 cm³/mol. The zero-order valence-corrected chi connectivity index (χ0v) is 11.2. The van der Waals surface area contributed by atoms with E-state index in [1.165, 1.54) is 4.90 Å². The maximum atomic E-state index is 12.3. The van der Waals surface area contributed by atoms with Gasteiger partial charge in [-0.3, -0.25) is 14.6 Å². The molecule has 2 rings (SSSR count). The van der Waals surface area contributed by atoms with E-state index in [1.54, 1.807) is 24.4 Å². The van der Waals surface area contributed by atoms with Crippen molar-refractivity contribution in [1.29, 1.82) is 0 Å². The van der Waals surface area contributed by atoms with E-state index in [-0.39, 0.29) is 18.9 Å². The summed E-state index contributed by atoms with van der Waals surface area (Å²) in [4.78, 5) is 28.7. The van der Waals surface area contributed by atoms with Crippen molar-refractivity contribution in [3.8, 4) is 0 Å². The molecule has 0 aliphatic carbocycles. The van der Waals surface area contributed by atoms with Gasteiger partial charge < -0.3 is 10.0 Å². The van der Waals surface area contributed by atoms with Crippen molar-refractivity contribution in [1.82, 2.24) is 9.88 Å². The Morgan fingerprint density at radius 3 is 2.80 bits per heavy atom. The quantitative estimate of drug-likeness (QED) is 0.905. The molecule has 5 heteroatoms. The number of carbonyl (C=O) groups is 2. The second kappa shape index (κ2) is 6.14. The lowest BCUT2D eigenvalue weighted by atomic mass is 10.1. The zero-order valence-electron chi connectivity index (χ0n) is 11.2. The molecule has 0 bridgehead atoms. The van der Waals surface area contributed by atoms with Gasteiger partial charge in [0.05, 0.1) is 11.9 Å². The molecule has 0 fully saturated rings. The highest BCUT2D eigenvalue weighted by molar-refractivity contribution is 5.98. The molecule has 0 atom stereocenters. The summed E-state index contributed by atoms with van der Waals surface area (Å²) in [6.07, 6.45) is 1.66. The van der Waals surface area contributed by atoms with Gasteiger partial charge >= 0.3 is 5.97 Å². The minimum atomic E-state index is -0.904. The molecule has 0 unspecified atom stereocenters. The summed E-state index contributed by atoms with van der Waals surface area (Å²) in [5.74, 6) is -1.06. The Morgan fingerprint density at radius 1 is 1.30 bits per heavy atom. The van der Waals surface area contributed by atoms with E-state index < -0.39 is 5.97 Å². The van der Waals surface area contributed by atoms with Gasteiger partial charge in [0.1, 0.15) is 0 Å². The monoisotopic (exact) mass is 272 g/mol. The number of benzene rings is 1. The number of fused-ring (bicyclic) bond motifs is 1. The Bertz CT molecular complexity index is 640. The van der Waals surface area contributed by atoms with E-state index in [9.17, 15) is 9.59 Å². The van der Waals surface area contributed by atoms with E-state index in [1.807, 2.05) is 19.1 Å². The molecule has 5 nitrogen and oxygen atoms in total. The molecule has 1 aromatic heterocycles. The number of carboxylic acids is 1. The highest BCUT2D eigenvalue weighted by Gasteiger charge is 2.15. The number of rotatable bonds is 5. The third-order valence-corrected chi connectivity index (χ3v) is 3.11. The summed E-state index contributed by atoms with van der Waals surface area (Å²) in [5.41, 5.74) is 1.38. The topological polar surface area (TPSA) is 70.5 Å². The Kier molecular flexibility index (Phi) is 4.30. The minimum Gasteiger partial charge on any atom is -0.481 e. The Labute approximate surface area is 116 Å². The van der Waals surface area contributed by atoms with Crippen LogP contribution in [0.25, 0.3) is 10.9 Å². The standard InChI is InChI=1S/C15H16N2O3/c1-2-17(9-7-14(18)19)15(20)12-5-6-13-11(10-12)4-3-8-16-13/h3-6,8,10H,2,7,9H2,1H3,(H,18,19). The van der Waals surface area contributed by atoms with Crippen LogP contribution >= 0.6 is 0 Å². The van der Waals surface area contributed by atoms with Crippen LogP contribution in [0.15, 0.2) is 36.5 Å². The van der Waals surface area contributed by atoms with Crippen LogP contribution in [-0.2, 0) is 4.79 Å². The first-order chi connectivity index (χ1) is 9.61. The maximum absolute atomic E-state index is 12.3. The third-order valence-electron chi connectivity index (χ3n) is 3.11. The lowest BCUT2D eigenvalue weighted by Crippen LogP contribution is -2.32. The first kappa shape index (κ1) is 14.0. The van der Waals surface area contributed by atoms with Gasteiger partial charge in [-0.15, -0.1) is 0 Å². The first-order valence-electron chi connectivity index (χ1n) is 6.47. The normalized spacial score (nSPS) is 10.4. The maximum Gasteiger partial charge on any atom is 0.305 e. The molecule has 104 valence electrons. The number of carboxylic acid groups (broad SMARTS) is 1. The van der Waals surface area contributed by atoms with Gasteiger partial charge in [0.15, 0.2) is 0 Å². The van der Waals surface area contributed by atoms with Crippen LogP contribution in [0.3, 0.4) is 0 Å². The molecule has 0 saturated heterocycles. The van der Waals surface area contributed by atoms with Crippen molar-refractivity contribution >= 4 is 22.8 Å². The summed E-state index contributed by atoms with van der Waals surface area (Å²) in [6.45, 7) is 2.54. The number of pyridine rings is 1. The van der Waals surface area contributed by atoms with E-state index in [2.05, 4.69) is 4.98 Å². The van der Waals surface area contributed by atoms with Crippen LogP contribution in [0.1, 0.15) is 23.7 Å². The molecule has 0 radical (unpaired) electrons. The predicted octanol–water partition coefficient (Wildman–Crippen LogP) is 2.17. The van der Waals surface area contributed by atoms with Crippen molar-refractivity contribution in [2.45, 2.75) is 13.3 Å². The molecule has 2 aromatic rings. The van der Waals surface area contributed by atoms with E-state index in [0.717, 1.165) is 10.9 Å². The van der Waals surface area contributed by atoms with Crippen molar-refractivity contribution in [3.05, 3.63) is 42.1 Å². The molecule has 1 aromatic carbocycles. The van der Waals surface area contributed by atoms with E-state index in [0.29, 0.717) is 12.1 Å². The number of hydrogen-bond donors (Lipinski definition) is 1. The van der Waals surface area contributed by atoms with Crippen LogP contribution < -0.4 is 0 Å². The van der Waals surface area contributed by atoms with E-state index >= 15 is 0 Å². The Balaban J connectivity index is 2.22. The van der Waals surface area contributed by atoms with Crippen LogP contribution in [0, 0.1) is 0 Å². The molecular formula is C15H16N2O3. The third kappa shape index (κ3) is 3.12. The summed E-state index contributed by atoms with van der Waals surface area (Å²) in [7, 11) is 0. The van der Waals surface area contributed by atoms with Gasteiger partial charge in [-0.05, 0) is 31.2 Å². The molecule has 20 heavy (non-hydrogen) atoms. The zero-order chi connectivity index (χ0) is 14.5. The second-order valence-corrected chi connectivity index (χ2v) is 4.44.